The third kappa shape index (κ3) is 11.4. The second-order valence-corrected chi connectivity index (χ2v) is 10.6. The van der Waals surface area contributed by atoms with Crippen LogP contribution in [0.15, 0.2) is 12.1 Å². The van der Waals surface area contributed by atoms with Crippen molar-refractivity contribution >= 4 is 0 Å². The van der Waals surface area contributed by atoms with E-state index in [1.165, 1.54) is 82.6 Å². The molecule has 0 heterocycles. The first-order chi connectivity index (χ1) is 14.8. The van der Waals surface area contributed by atoms with Gasteiger partial charge in [0.1, 0.15) is 5.75 Å². The molecule has 1 N–H and O–H groups in total. The molecule has 0 aliphatic heterocycles. The molecule has 0 fully saturated rings. The average Bonchev–Trinajstić information content (AvgIpc) is 2.73. The van der Waals surface area contributed by atoms with Gasteiger partial charge in [-0.25, -0.2) is 0 Å². The van der Waals surface area contributed by atoms with E-state index in [-0.39, 0.29) is 5.41 Å². The minimum atomic E-state index is -0.0343. The van der Waals surface area contributed by atoms with Crippen LogP contribution >= 0.6 is 0 Å². The van der Waals surface area contributed by atoms with E-state index in [9.17, 15) is 5.11 Å². The maximum atomic E-state index is 11.1. The number of hydrogen-bond donors (Lipinski definition) is 1. The largest absolute Gasteiger partial charge is 0.507 e. The number of nitrogens with zero attached hydrogens (tertiary/aromatic N) is 1. The summed E-state index contributed by atoms with van der Waals surface area (Å²) in [5, 5.41) is 11.1. The van der Waals surface area contributed by atoms with E-state index in [0.717, 1.165) is 37.2 Å². The lowest BCUT2D eigenvalue weighted by molar-refractivity contribution is 0.248. The number of phenols is 1. The van der Waals surface area contributed by atoms with Crippen molar-refractivity contribution in [2.75, 3.05) is 13.1 Å². The summed E-state index contributed by atoms with van der Waals surface area (Å²) in [7, 11) is 0. The molecule has 0 bridgehead atoms. The quantitative estimate of drug-likeness (QED) is 0.249. The van der Waals surface area contributed by atoms with Crippen LogP contribution in [0.2, 0.25) is 0 Å². The Labute approximate surface area is 194 Å². The average molecular weight is 432 g/mol. The first kappa shape index (κ1) is 28.0. The van der Waals surface area contributed by atoms with E-state index in [1.807, 2.05) is 0 Å². The molecule has 0 aromatic heterocycles. The zero-order chi connectivity index (χ0) is 23.1. The van der Waals surface area contributed by atoms with Crippen molar-refractivity contribution in [2.24, 2.45) is 0 Å². The summed E-state index contributed by atoms with van der Waals surface area (Å²) in [5.74, 6) is 0.528. The highest BCUT2D eigenvalue weighted by molar-refractivity contribution is 5.47. The van der Waals surface area contributed by atoms with E-state index < -0.39 is 0 Å². The summed E-state index contributed by atoms with van der Waals surface area (Å²) in [5.41, 5.74) is 3.53. The molecule has 0 amide bonds. The monoisotopic (exact) mass is 431 g/mol. The third-order valence-corrected chi connectivity index (χ3v) is 6.51. The smallest absolute Gasteiger partial charge is 0.123 e. The SMILES string of the molecule is CCCCCCCCN(CCCCCCCC)Cc1cc(CC)cc(C(C)(C)C)c1O. The molecule has 0 aliphatic rings. The molecule has 0 unspecified atom stereocenters. The molecule has 1 aromatic rings. The lowest BCUT2D eigenvalue weighted by Gasteiger charge is -2.27. The van der Waals surface area contributed by atoms with Crippen molar-refractivity contribution in [3.63, 3.8) is 0 Å². The predicted molar refractivity (Wildman–Crippen MR) is 138 cm³/mol. The number of phenolic OH excluding ortho intramolecular Hbond substituents is 1. The Bertz CT molecular complexity index is 571. The molecule has 0 aliphatic carbocycles. The molecule has 0 saturated heterocycles. The first-order valence-electron chi connectivity index (χ1n) is 13.4. The lowest BCUT2D eigenvalue weighted by atomic mass is 9.83. The Morgan fingerprint density at radius 3 is 1.65 bits per heavy atom. The summed E-state index contributed by atoms with van der Waals surface area (Å²) in [6.45, 7) is 16.6. The van der Waals surface area contributed by atoms with Crippen LogP contribution in [-0.4, -0.2) is 23.1 Å². The summed E-state index contributed by atoms with van der Waals surface area (Å²) >= 11 is 0. The van der Waals surface area contributed by atoms with Crippen molar-refractivity contribution in [1.82, 2.24) is 4.90 Å². The van der Waals surface area contributed by atoms with E-state index in [4.69, 9.17) is 0 Å². The van der Waals surface area contributed by atoms with Crippen molar-refractivity contribution < 1.29 is 5.11 Å². The first-order valence-corrected chi connectivity index (χ1v) is 13.4. The van der Waals surface area contributed by atoms with Crippen molar-refractivity contribution in [2.45, 2.75) is 137 Å². The number of aryl methyl sites for hydroxylation is 1. The van der Waals surface area contributed by atoms with Gasteiger partial charge >= 0.3 is 0 Å². The van der Waals surface area contributed by atoms with Gasteiger partial charge in [-0.05, 0) is 48.9 Å². The van der Waals surface area contributed by atoms with E-state index in [0.29, 0.717) is 5.75 Å². The van der Waals surface area contributed by atoms with Crippen LogP contribution in [0.25, 0.3) is 0 Å². The number of unbranched alkanes of at least 4 members (excludes halogenated alkanes) is 10. The Hall–Kier alpha value is -1.02. The van der Waals surface area contributed by atoms with Gasteiger partial charge in [-0.1, -0.05) is 118 Å². The molecule has 0 atom stereocenters. The van der Waals surface area contributed by atoms with Crippen molar-refractivity contribution in [3.8, 4) is 5.75 Å². The van der Waals surface area contributed by atoms with Gasteiger partial charge in [0.25, 0.3) is 0 Å². The van der Waals surface area contributed by atoms with Crippen LogP contribution in [0.5, 0.6) is 5.75 Å². The Balaban J connectivity index is 2.79. The van der Waals surface area contributed by atoms with Crippen LogP contribution in [0.1, 0.15) is 135 Å². The topological polar surface area (TPSA) is 23.5 Å². The summed E-state index contributed by atoms with van der Waals surface area (Å²) in [4.78, 5) is 2.61. The van der Waals surface area contributed by atoms with E-state index in [1.54, 1.807) is 0 Å². The van der Waals surface area contributed by atoms with Gasteiger partial charge in [-0.2, -0.15) is 0 Å². The molecule has 1 aromatic carbocycles. The number of hydrogen-bond acceptors (Lipinski definition) is 2. The molecule has 31 heavy (non-hydrogen) atoms. The van der Waals surface area contributed by atoms with Gasteiger partial charge in [0.15, 0.2) is 0 Å². The molecule has 2 nitrogen and oxygen atoms in total. The fraction of sp³-hybridized carbons (Fsp3) is 0.793. The molecule has 180 valence electrons. The van der Waals surface area contributed by atoms with Crippen LogP contribution in [0.4, 0.5) is 0 Å². The Kier molecular flexibility index (Phi) is 14.2. The van der Waals surface area contributed by atoms with Crippen LogP contribution in [-0.2, 0) is 18.4 Å². The molecule has 0 saturated carbocycles. The second kappa shape index (κ2) is 15.7. The fourth-order valence-corrected chi connectivity index (χ4v) is 4.40. The number of rotatable bonds is 17. The number of aromatic hydroxyl groups is 1. The fourth-order valence-electron chi connectivity index (χ4n) is 4.40. The van der Waals surface area contributed by atoms with Crippen LogP contribution in [0.3, 0.4) is 0 Å². The van der Waals surface area contributed by atoms with E-state index in [2.05, 4.69) is 58.6 Å². The maximum absolute atomic E-state index is 11.1. The van der Waals surface area contributed by atoms with Gasteiger partial charge < -0.3 is 5.11 Å². The highest BCUT2D eigenvalue weighted by Gasteiger charge is 2.22. The molecule has 1 rings (SSSR count). The summed E-state index contributed by atoms with van der Waals surface area (Å²) in [6.07, 6.45) is 17.1. The lowest BCUT2D eigenvalue weighted by Crippen LogP contribution is -2.26. The van der Waals surface area contributed by atoms with Gasteiger partial charge in [0, 0.05) is 12.1 Å². The van der Waals surface area contributed by atoms with Crippen LogP contribution < -0.4 is 0 Å². The standard InChI is InChI=1S/C29H53NO/c1-7-10-12-14-16-18-20-30(21-19-17-15-13-11-8-2)24-26-22-25(9-3)23-27(28(26)31)29(4,5)6/h22-23,31H,7-21,24H2,1-6H3. The highest BCUT2D eigenvalue weighted by Crippen LogP contribution is 2.35. The molecular formula is C29H53NO. The highest BCUT2D eigenvalue weighted by atomic mass is 16.3. The minimum Gasteiger partial charge on any atom is -0.507 e. The molecule has 2 heteroatoms. The molecule has 0 spiro atoms. The van der Waals surface area contributed by atoms with Crippen molar-refractivity contribution in [3.05, 3.63) is 28.8 Å². The van der Waals surface area contributed by atoms with Crippen molar-refractivity contribution in [1.29, 1.82) is 0 Å². The van der Waals surface area contributed by atoms with Gasteiger partial charge in [0.05, 0.1) is 0 Å². The maximum Gasteiger partial charge on any atom is 0.123 e. The Morgan fingerprint density at radius 2 is 1.19 bits per heavy atom. The minimum absolute atomic E-state index is 0.0343. The van der Waals surface area contributed by atoms with Gasteiger partial charge in [-0.3, -0.25) is 4.90 Å². The number of benzene rings is 1. The third-order valence-electron chi connectivity index (χ3n) is 6.51. The zero-order valence-electron chi connectivity index (χ0n) is 21.9. The van der Waals surface area contributed by atoms with Gasteiger partial charge in [0.2, 0.25) is 0 Å². The normalized spacial score (nSPS) is 12.1. The molecular weight excluding hydrogens is 378 g/mol. The predicted octanol–water partition coefficient (Wildman–Crippen LogP) is 8.78. The van der Waals surface area contributed by atoms with E-state index >= 15 is 0 Å². The van der Waals surface area contributed by atoms with Crippen LogP contribution in [0, 0.1) is 0 Å². The summed E-state index contributed by atoms with van der Waals surface area (Å²) in [6, 6.07) is 4.46. The molecule has 0 radical (unpaired) electrons. The second-order valence-electron chi connectivity index (χ2n) is 10.6. The van der Waals surface area contributed by atoms with Gasteiger partial charge in [-0.15, -0.1) is 0 Å². The zero-order valence-corrected chi connectivity index (χ0v) is 21.9. The Morgan fingerprint density at radius 1 is 0.710 bits per heavy atom. The summed E-state index contributed by atoms with van der Waals surface area (Å²) < 4.78 is 0.